The first kappa shape index (κ1) is 13.6. The minimum Gasteiger partial charge on any atom is -0.369 e. The number of aromatic nitrogens is 2. The van der Waals surface area contributed by atoms with Crippen molar-refractivity contribution in [3.05, 3.63) is 51.0 Å². The molecular formula is C14H10Cl3N3. The zero-order valence-electron chi connectivity index (χ0n) is 10.5. The molecule has 1 heterocycles. The number of halogens is 3. The normalized spacial score (nSPS) is 11.2. The molecule has 0 amide bonds. The first-order valence-corrected chi connectivity index (χ1v) is 7.00. The number of fused-ring (bicyclic) bond motifs is 1. The van der Waals surface area contributed by atoms with E-state index in [2.05, 4.69) is 4.98 Å². The maximum atomic E-state index is 6.09. The van der Waals surface area contributed by atoms with E-state index in [9.17, 15) is 0 Å². The van der Waals surface area contributed by atoms with Crippen molar-refractivity contribution >= 4 is 51.8 Å². The molecule has 3 aromatic rings. The second-order valence-electron chi connectivity index (χ2n) is 4.49. The molecule has 0 atom stereocenters. The van der Waals surface area contributed by atoms with E-state index in [1.807, 2.05) is 29.7 Å². The third kappa shape index (κ3) is 2.12. The maximum Gasteiger partial charge on any atom is 0.205 e. The summed E-state index contributed by atoms with van der Waals surface area (Å²) in [5.74, 6) is 0.365. The molecule has 6 heteroatoms. The summed E-state index contributed by atoms with van der Waals surface area (Å²) in [6.45, 7) is 1.98. The Labute approximate surface area is 130 Å². The summed E-state index contributed by atoms with van der Waals surface area (Å²) in [5, 5.41) is 1.54. The van der Waals surface area contributed by atoms with Gasteiger partial charge in [0.05, 0.1) is 26.8 Å². The first-order chi connectivity index (χ1) is 9.47. The van der Waals surface area contributed by atoms with Crippen LogP contribution in [0.4, 0.5) is 5.95 Å². The zero-order chi connectivity index (χ0) is 14.4. The van der Waals surface area contributed by atoms with E-state index in [-0.39, 0.29) is 0 Å². The lowest BCUT2D eigenvalue weighted by molar-refractivity contribution is 1.09. The second kappa shape index (κ2) is 4.85. The van der Waals surface area contributed by atoms with Gasteiger partial charge in [0.25, 0.3) is 0 Å². The van der Waals surface area contributed by atoms with Crippen LogP contribution in [0.2, 0.25) is 15.1 Å². The van der Waals surface area contributed by atoms with E-state index < -0.39 is 0 Å². The highest BCUT2D eigenvalue weighted by Crippen LogP contribution is 2.32. The van der Waals surface area contributed by atoms with E-state index in [1.165, 1.54) is 0 Å². The Morgan fingerprint density at radius 3 is 2.50 bits per heavy atom. The third-order valence-corrected chi connectivity index (χ3v) is 4.09. The fourth-order valence-corrected chi connectivity index (χ4v) is 2.65. The van der Waals surface area contributed by atoms with Gasteiger partial charge in [-0.1, -0.05) is 40.9 Å². The predicted molar refractivity (Wildman–Crippen MR) is 85.2 cm³/mol. The molecule has 0 fully saturated rings. The summed E-state index contributed by atoms with van der Waals surface area (Å²) < 4.78 is 1.82. The van der Waals surface area contributed by atoms with Gasteiger partial charge in [0.15, 0.2) is 0 Å². The molecule has 3 nitrogen and oxygen atoms in total. The topological polar surface area (TPSA) is 43.8 Å². The number of hydrogen-bond acceptors (Lipinski definition) is 2. The summed E-state index contributed by atoms with van der Waals surface area (Å²) in [6.07, 6.45) is 0. The van der Waals surface area contributed by atoms with Crippen LogP contribution in [0.5, 0.6) is 0 Å². The van der Waals surface area contributed by atoms with Gasteiger partial charge in [-0.15, -0.1) is 0 Å². The molecule has 0 saturated heterocycles. The number of nitrogen functional groups attached to an aromatic ring is 1. The molecule has 0 bridgehead atoms. The predicted octanol–water partition coefficient (Wildman–Crippen LogP) is 4.88. The lowest BCUT2D eigenvalue weighted by Crippen LogP contribution is -2.02. The van der Waals surface area contributed by atoms with Crippen molar-refractivity contribution in [2.75, 3.05) is 5.73 Å². The zero-order valence-corrected chi connectivity index (χ0v) is 12.8. The van der Waals surface area contributed by atoms with Gasteiger partial charge in [0, 0.05) is 5.02 Å². The SMILES string of the molecule is Cc1ccc(Cl)cc1-n1c(N)nc2cc(Cl)c(Cl)cc21. The molecule has 2 aromatic carbocycles. The van der Waals surface area contributed by atoms with Crippen LogP contribution in [0, 0.1) is 6.92 Å². The van der Waals surface area contributed by atoms with Crippen LogP contribution >= 0.6 is 34.8 Å². The summed E-state index contributed by atoms with van der Waals surface area (Å²) in [5.41, 5.74) is 9.42. The van der Waals surface area contributed by atoms with Crippen LogP contribution in [0.1, 0.15) is 5.56 Å². The monoisotopic (exact) mass is 325 g/mol. The Morgan fingerprint density at radius 2 is 1.75 bits per heavy atom. The molecule has 102 valence electrons. The van der Waals surface area contributed by atoms with Gasteiger partial charge in [-0.2, -0.15) is 0 Å². The molecule has 0 spiro atoms. The fraction of sp³-hybridized carbons (Fsp3) is 0.0714. The minimum atomic E-state index is 0.365. The standard InChI is InChI=1S/C14H10Cl3N3/c1-7-2-3-8(15)4-12(7)20-13-6-10(17)9(16)5-11(13)19-14(20)18/h2-6H,1H3,(H2,18,19). The number of aryl methyl sites for hydroxylation is 1. The van der Waals surface area contributed by atoms with Gasteiger partial charge in [-0.3, -0.25) is 4.57 Å². The van der Waals surface area contributed by atoms with Gasteiger partial charge in [0.1, 0.15) is 0 Å². The van der Waals surface area contributed by atoms with Crippen LogP contribution in [0.25, 0.3) is 16.7 Å². The largest absolute Gasteiger partial charge is 0.369 e. The van der Waals surface area contributed by atoms with Crippen LogP contribution in [0.3, 0.4) is 0 Å². The average molecular weight is 327 g/mol. The number of nitrogens with two attached hydrogens (primary N) is 1. The Morgan fingerprint density at radius 1 is 1.05 bits per heavy atom. The molecular weight excluding hydrogens is 317 g/mol. The highest BCUT2D eigenvalue weighted by atomic mass is 35.5. The Hall–Kier alpha value is -1.42. The molecule has 1 aromatic heterocycles. The Balaban J connectivity index is 2.38. The van der Waals surface area contributed by atoms with Crippen LogP contribution in [-0.2, 0) is 0 Å². The second-order valence-corrected chi connectivity index (χ2v) is 5.74. The number of imidazole rings is 1. The number of hydrogen-bond donors (Lipinski definition) is 1. The van der Waals surface area contributed by atoms with E-state index in [4.69, 9.17) is 40.5 Å². The number of rotatable bonds is 1. The van der Waals surface area contributed by atoms with Crippen molar-refractivity contribution in [2.24, 2.45) is 0 Å². The van der Waals surface area contributed by atoms with Crippen LogP contribution < -0.4 is 5.73 Å². The number of nitrogens with zero attached hydrogens (tertiary/aromatic N) is 2. The van der Waals surface area contributed by atoms with E-state index in [0.717, 1.165) is 16.8 Å². The van der Waals surface area contributed by atoms with Crippen molar-refractivity contribution in [1.82, 2.24) is 9.55 Å². The quantitative estimate of drug-likeness (QED) is 0.693. The maximum absolute atomic E-state index is 6.09. The smallest absolute Gasteiger partial charge is 0.205 e. The van der Waals surface area contributed by atoms with E-state index >= 15 is 0 Å². The summed E-state index contributed by atoms with van der Waals surface area (Å²) in [7, 11) is 0. The van der Waals surface area contributed by atoms with Crippen LogP contribution in [0.15, 0.2) is 30.3 Å². The van der Waals surface area contributed by atoms with Crippen molar-refractivity contribution in [2.45, 2.75) is 6.92 Å². The van der Waals surface area contributed by atoms with Gasteiger partial charge in [-0.05, 0) is 36.8 Å². The van der Waals surface area contributed by atoms with Gasteiger partial charge in [0.2, 0.25) is 5.95 Å². The van der Waals surface area contributed by atoms with Crippen LogP contribution in [-0.4, -0.2) is 9.55 Å². The molecule has 0 radical (unpaired) electrons. The molecule has 0 saturated carbocycles. The summed E-state index contributed by atoms with van der Waals surface area (Å²) in [4.78, 5) is 4.32. The molecule has 0 aliphatic rings. The summed E-state index contributed by atoms with van der Waals surface area (Å²) in [6, 6.07) is 9.06. The van der Waals surface area contributed by atoms with E-state index in [1.54, 1.807) is 12.1 Å². The van der Waals surface area contributed by atoms with Gasteiger partial charge in [-0.25, -0.2) is 4.98 Å². The summed E-state index contributed by atoms with van der Waals surface area (Å²) >= 11 is 18.2. The molecule has 2 N–H and O–H groups in total. The van der Waals surface area contributed by atoms with E-state index in [0.29, 0.717) is 26.5 Å². The fourth-order valence-electron chi connectivity index (χ4n) is 2.17. The highest BCUT2D eigenvalue weighted by Gasteiger charge is 2.14. The molecule has 3 rings (SSSR count). The third-order valence-electron chi connectivity index (χ3n) is 3.13. The lowest BCUT2D eigenvalue weighted by Gasteiger charge is -2.10. The van der Waals surface area contributed by atoms with Gasteiger partial charge >= 0.3 is 0 Å². The van der Waals surface area contributed by atoms with Crippen molar-refractivity contribution in [3.8, 4) is 5.69 Å². The number of benzene rings is 2. The van der Waals surface area contributed by atoms with Gasteiger partial charge < -0.3 is 5.73 Å². The lowest BCUT2D eigenvalue weighted by atomic mass is 10.2. The molecule has 0 aliphatic heterocycles. The highest BCUT2D eigenvalue weighted by molar-refractivity contribution is 6.42. The first-order valence-electron chi connectivity index (χ1n) is 5.87. The minimum absolute atomic E-state index is 0.365. The van der Waals surface area contributed by atoms with Crippen molar-refractivity contribution in [3.63, 3.8) is 0 Å². The molecule has 0 aliphatic carbocycles. The number of anilines is 1. The Kier molecular flexibility index (Phi) is 3.28. The molecule has 20 heavy (non-hydrogen) atoms. The average Bonchev–Trinajstić information content (AvgIpc) is 2.69. The Bertz CT molecular complexity index is 824. The van der Waals surface area contributed by atoms with Crippen molar-refractivity contribution < 1.29 is 0 Å². The molecule has 0 unspecified atom stereocenters. The van der Waals surface area contributed by atoms with Crippen molar-refractivity contribution in [1.29, 1.82) is 0 Å².